The fourth-order valence-corrected chi connectivity index (χ4v) is 5.43. The van der Waals surface area contributed by atoms with Gasteiger partial charge in [0.2, 0.25) is 0 Å². The first-order valence-electron chi connectivity index (χ1n) is 11.3. The molecule has 0 unspecified atom stereocenters. The SMILES string of the molecule is CC(C)[CH2][Sn+2][CH2]C(C)C.CCCCOC(=O)/C=C\C(=O)[O-].CCCCOC(=O)/C=C\C(=O)[O-]. The number of carbonyl (C=O) groups excluding carboxylic acids is 4. The Balaban J connectivity index is -0.000000414. The van der Waals surface area contributed by atoms with E-state index in [1.165, 1.54) is 0 Å². The molecule has 9 heteroatoms. The van der Waals surface area contributed by atoms with Gasteiger partial charge in [-0.15, -0.1) is 0 Å². The van der Waals surface area contributed by atoms with E-state index in [-0.39, 0.29) is 21.1 Å². The summed E-state index contributed by atoms with van der Waals surface area (Å²) in [5.41, 5.74) is 0. The number of rotatable bonds is 14. The van der Waals surface area contributed by atoms with E-state index in [2.05, 4.69) is 37.2 Å². The fourth-order valence-electron chi connectivity index (χ4n) is 1.66. The van der Waals surface area contributed by atoms with E-state index in [0.717, 1.165) is 49.7 Å². The predicted octanol–water partition coefficient (Wildman–Crippen LogP) is 2.11. The average molecular weight is 575 g/mol. The van der Waals surface area contributed by atoms with Gasteiger partial charge in [0.05, 0.1) is 25.2 Å². The molecule has 0 rings (SSSR count). The molecule has 0 aromatic carbocycles. The van der Waals surface area contributed by atoms with Crippen molar-refractivity contribution in [2.24, 2.45) is 11.8 Å². The van der Waals surface area contributed by atoms with Gasteiger partial charge in [-0.05, 0) is 25.0 Å². The van der Waals surface area contributed by atoms with Gasteiger partial charge in [-0.2, -0.15) is 0 Å². The van der Waals surface area contributed by atoms with Crippen LogP contribution in [0.25, 0.3) is 0 Å². The Kier molecular flexibility index (Phi) is 28.6. The number of carboxylic acid groups (broad SMARTS) is 2. The van der Waals surface area contributed by atoms with Crippen LogP contribution in [0.5, 0.6) is 0 Å². The summed E-state index contributed by atoms with van der Waals surface area (Å²) in [6.07, 6.45) is 6.39. The maximum atomic E-state index is 10.6. The Morgan fingerprint density at radius 2 is 1.03 bits per heavy atom. The first-order valence-corrected chi connectivity index (χ1v) is 15.3. The first kappa shape index (κ1) is 35.7. The molecule has 0 aliphatic heterocycles. The van der Waals surface area contributed by atoms with Crippen molar-refractivity contribution in [2.75, 3.05) is 13.2 Å². The van der Waals surface area contributed by atoms with Crippen LogP contribution in [0, 0.1) is 11.8 Å². The number of carboxylic acids is 2. The van der Waals surface area contributed by atoms with E-state index in [1.807, 2.05) is 13.8 Å². The van der Waals surface area contributed by atoms with E-state index in [0.29, 0.717) is 25.4 Å². The number of esters is 2. The minimum atomic E-state index is -1.40. The minimum Gasteiger partial charge on any atom is -0.545 e. The molecule has 8 nitrogen and oxygen atoms in total. The first-order chi connectivity index (χ1) is 15.5. The summed E-state index contributed by atoms with van der Waals surface area (Å²) in [4.78, 5) is 40.9. The number of hydrogen-bond acceptors (Lipinski definition) is 8. The second-order valence-corrected chi connectivity index (χ2v) is 11.6. The van der Waals surface area contributed by atoms with Crippen LogP contribution >= 0.6 is 0 Å². The molecule has 0 radical (unpaired) electrons. The van der Waals surface area contributed by atoms with Crippen molar-refractivity contribution in [3.63, 3.8) is 0 Å². The molecule has 0 aromatic rings. The van der Waals surface area contributed by atoms with Gasteiger partial charge in [0.25, 0.3) is 0 Å². The Hall–Kier alpha value is -1.84. The molecule has 0 fully saturated rings. The number of hydrogen-bond donors (Lipinski definition) is 0. The average Bonchev–Trinajstić information content (AvgIpc) is 2.71. The molecule has 188 valence electrons. The third kappa shape index (κ3) is 41.0. The summed E-state index contributed by atoms with van der Waals surface area (Å²) in [7, 11) is 0. The van der Waals surface area contributed by atoms with E-state index < -0.39 is 23.9 Å². The molecule has 0 saturated carbocycles. The largest absolute Gasteiger partial charge is 0.545 e. The molecule has 0 aliphatic carbocycles. The molecule has 33 heavy (non-hydrogen) atoms. The normalized spacial score (nSPS) is 10.2. The van der Waals surface area contributed by atoms with E-state index in [1.54, 1.807) is 8.87 Å². The maximum absolute atomic E-state index is 10.6. The molecule has 0 aliphatic rings. The topological polar surface area (TPSA) is 133 Å². The Labute approximate surface area is 209 Å². The number of ether oxygens (including phenoxy) is 2. The second kappa shape index (κ2) is 26.4. The smallest absolute Gasteiger partial charge is 0.330 e. The van der Waals surface area contributed by atoms with Crippen molar-refractivity contribution in [1.82, 2.24) is 0 Å². The number of carbonyl (C=O) groups is 4. The van der Waals surface area contributed by atoms with Gasteiger partial charge in [0.1, 0.15) is 0 Å². The maximum Gasteiger partial charge on any atom is 0.330 e. The molecule has 0 atom stereocenters. The Morgan fingerprint density at radius 3 is 1.27 bits per heavy atom. The molecule has 0 bridgehead atoms. The summed E-state index contributed by atoms with van der Waals surface area (Å²) >= 11 is 0.0709. The second-order valence-electron chi connectivity index (χ2n) is 7.79. The van der Waals surface area contributed by atoms with Gasteiger partial charge >= 0.3 is 81.5 Å². The van der Waals surface area contributed by atoms with Gasteiger partial charge in [-0.3, -0.25) is 0 Å². The van der Waals surface area contributed by atoms with Gasteiger partial charge in [-0.1, -0.05) is 26.7 Å². The van der Waals surface area contributed by atoms with Crippen molar-refractivity contribution in [3.8, 4) is 0 Å². The summed E-state index contributed by atoms with van der Waals surface area (Å²) < 4.78 is 12.4. The fraction of sp³-hybridized carbons (Fsp3) is 0.667. The van der Waals surface area contributed by atoms with Crippen LogP contribution in [-0.2, 0) is 28.7 Å². The summed E-state index contributed by atoms with van der Waals surface area (Å²) in [6, 6.07) is 0. The summed E-state index contributed by atoms with van der Waals surface area (Å²) in [6.45, 7) is 13.9. The molecular weight excluding hydrogens is 535 g/mol. The van der Waals surface area contributed by atoms with Gasteiger partial charge in [0.15, 0.2) is 0 Å². The van der Waals surface area contributed by atoms with Crippen LogP contribution in [0.15, 0.2) is 24.3 Å². The quantitative estimate of drug-likeness (QED) is 0.133. The zero-order chi connectivity index (χ0) is 26.1. The zero-order valence-corrected chi connectivity index (χ0v) is 23.7. The summed E-state index contributed by atoms with van der Waals surface area (Å²) in [5.74, 6) is -2.16. The zero-order valence-electron chi connectivity index (χ0n) is 20.9. The van der Waals surface area contributed by atoms with Crippen molar-refractivity contribution < 1.29 is 38.9 Å². The third-order valence-corrected chi connectivity index (χ3v) is 9.61. The van der Waals surface area contributed by atoms with Crippen molar-refractivity contribution in [1.29, 1.82) is 0 Å². The van der Waals surface area contributed by atoms with E-state index in [9.17, 15) is 29.4 Å². The van der Waals surface area contributed by atoms with Crippen LogP contribution in [0.3, 0.4) is 0 Å². The van der Waals surface area contributed by atoms with E-state index >= 15 is 0 Å². The van der Waals surface area contributed by atoms with Crippen LogP contribution in [-0.4, -0.2) is 58.2 Å². The van der Waals surface area contributed by atoms with Crippen LogP contribution in [0.1, 0.15) is 67.2 Å². The Morgan fingerprint density at radius 1 is 0.697 bits per heavy atom. The molecule has 0 amide bonds. The van der Waals surface area contributed by atoms with Crippen molar-refractivity contribution >= 4 is 45.0 Å². The molecule has 0 saturated heterocycles. The molecule has 0 spiro atoms. The van der Waals surface area contributed by atoms with E-state index in [4.69, 9.17) is 0 Å². The number of aliphatic carboxylic acids is 2. The molecule has 0 heterocycles. The van der Waals surface area contributed by atoms with Crippen molar-refractivity contribution in [2.45, 2.75) is 76.1 Å². The molecule has 0 aromatic heterocycles. The minimum absolute atomic E-state index is 0.0709. The summed E-state index contributed by atoms with van der Waals surface area (Å²) in [5, 5.41) is 19.7. The van der Waals surface area contributed by atoms with Gasteiger partial charge < -0.3 is 29.3 Å². The standard InChI is InChI=1S/2C8H12O4.2C4H9.Sn/c2*1-2-3-6-12-8(11)5-4-7(9)10;2*1-4(2)3;/h2*4-5H,2-3,6H2,1H3,(H,9,10);2*4H,1H2,2-3H3;/q;;;;+2/p-2/b2*5-4-;;;. The molecule has 0 N–H and O–H groups in total. The monoisotopic (exact) mass is 576 g/mol. The molecular formula is C24H40O8Sn. The van der Waals surface area contributed by atoms with Crippen molar-refractivity contribution in [3.05, 3.63) is 24.3 Å². The number of unbranched alkanes of at least 4 members (excludes halogenated alkanes) is 2. The van der Waals surface area contributed by atoms with Gasteiger partial charge in [-0.25, -0.2) is 9.59 Å². The van der Waals surface area contributed by atoms with Gasteiger partial charge in [0, 0.05) is 12.2 Å². The third-order valence-electron chi connectivity index (χ3n) is 3.30. The Bertz CT molecular complexity index is 533. The van der Waals surface area contributed by atoms with Crippen LogP contribution < -0.4 is 10.2 Å². The van der Waals surface area contributed by atoms with Crippen LogP contribution in [0.2, 0.25) is 8.87 Å². The predicted molar refractivity (Wildman–Crippen MR) is 125 cm³/mol. The van der Waals surface area contributed by atoms with Crippen LogP contribution in [0.4, 0.5) is 0 Å².